The van der Waals surface area contributed by atoms with E-state index in [1.54, 1.807) is 36.8 Å². The number of anilines is 1. The van der Waals surface area contributed by atoms with Crippen LogP contribution in [0.1, 0.15) is 106 Å². The quantitative estimate of drug-likeness (QED) is 0.0618. The van der Waals surface area contributed by atoms with Crippen LogP contribution in [0.25, 0.3) is 11.3 Å². The van der Waals surface area contributed by atoms with Gasteiger partial charge in [0.1, 0.15) is 11.9 Å². The van der Waals surface area contributed by atoms with Crippen LogP contribution < -0.4 is 10.6 Å². The highest BCUT2D eigenvalue weighted by molar-refractivity contribution is 6.07. The summed E-state index contributed by atoms with van der Waals surface area (Å²) in [5.41, 5.74) is 8.42. The second kappa shape index (κ2) is 20.7. The number of aryl methyl sites for hydroxylation is 1. The van der Waals surface area contributed by atoms with E-state index in [-0.39, 0.29) is 48.8 Å². The minimum Gasteiger partial charge on any atom is -0.340 e. The Bertz CT molecular complexity index is 2570. The molecular formula is C51H54N8O6. The number of fused-ring (bicyclic) bond motifs is 1. The topological polar surface area (TPSA) is 175 Å². The third-order valence-corrected chi connectivity index (χ3v) is 12.6. The number of rotatable bonds is 17. The smallest absolute Gasteiger partial charge is 0.255 e. The van der Waals surface area contributed by atoms with E-state index >= 15 is 0 Å². The highest BCUT2D eigenvalue weighted by atomic mass is 16.2. The predicted molar refractivity (Wildman–Crippen MR) is 244 cm³/mol. The number of nitrogens with zero attached hydrogens (tertiary/aromatic N) is 6. The summed E-state index contributed by atoms with van der Waals surface area (Å²) in [6, 6.07) is 24.2. The number of hydrogen-bond acceptors (Lipinski definition) is 10. The van der Waals surface area contributed by atoms with E-state index in [0.29, 0.717) is 73.4 Å². The molecule has 14 heteroatoms. The van der Waals surface area contributed by atoms with Crippen molar-refractivity contribution in [3.05, 3.63) is 142 Å². The van der Waals surface area contributed by atoms with Crippen molar-refractivity contribution < 1.29 is 28.8 Å². The number of unbranched alkanes of at least 4 members (excludes halogenated alkanes) is 3. The molecule has 65 heavy (non-hydrogen) atoms. The molecule has 2 aromatic heterocycles. The first-order valence-corrected chi connectivity index (χ1v) is 22.6. The van der Waals surface area contributed by atoms with Gasteiger partial charge in [-0.15, -0.1) is 0 Å². The monoisotopic (exact) mass is 874 g/mol. The normalized spacial score (nSPS) is 16.3. The Labute approximate surface area is 378 Å². The lowest BCUT2D eigenvalue weighted by Crippen LogP contribution is -2.52. The maximum absolute atomic E-state index is 13.4. The summed E-state index contributed by atoms with van der Waals surface area (Å²) in [4.78, 5) is 95.6. The number of ketones is 1. The van der Waals surface area contributed by atoms with Gasteiger partial charge in [-0.1, -0.05) is 61.4 Å². The van der Waals surface area contributed by atoms with Gasteiger partial charge in [-0.25, -0.2) is 9.97 Å². The Morgan fingerprint density at radius 3 is 2.38 bits per heavy atom. The van der Waals surface area contributed by atoms with Crippen LogP contribution in [0.4, 0.5) is 5.69 Å². The first kappa shape index (κ1) is 44.7. The molecular weight excluding hydrogens is 821 g/mol. The molecule has 0 aliphatic carbocycles. The van der Waals surface area contributed by atoms with Gasteiger partial charge in [0.2, 0.25) is 23.6 Å². The standard InChI is InChI=1S/C51H54N8O6/c1-34-13-14-36(28-39(34)30-46-53-23-21-42(54-46)38-8-7-22-52-31-38)29-45(60)37-17-15-35(16-18-37)32-57-24-26-58(27-25-57)49(63)12-5-3-2-4-11-47(61)55-43-10-6-9-40-41(43)33-59(51(40)65)44-19-20-48(62)56-50(44)64/h6-10,13-18,21-23,28,31,44H,2-5,11-12,19-20,24-27,29-30,32-33H2,1H3,(H,55,61)(H,56,62,64). The number of pyridine rings is 1. The first-order valence-electron chi connectivity index (χ1n) is 22.6. The fourth-order valence-corrected chi connectivity index (χ4v) is 8.84. The molecule has 0 radical (unpaired) electrons. The van der Waals surface area contributed by atoms with Crippen molar-refractivity contribution in [1.82, 2.24) is 35.0 Å². The Morgan fingerprint density at radius 2 is 1.62 bits per heavy atom. The molecule has 3 aliphatic heterocycles. The van der Waals surface area contributed by atoms with Gasteiger partial charge in [-0.3, -0.25) is 44.0 Å². The number of carbonyl (C=O) groups excluding carboxylic acids is 6. The van der Waals surface area contributed by atoms with Gasteiger partial charge in [0, 0.05) is 118 Å². The molecule has 5 heterocycles. The zero-order chi connectivity index (χ0) is 45.3. The average Bonchev–Trinajstić information content (AvgIpc) is 3.65. The lowest BCUT2D eigenvalue weighted by Gasteiger charge is -2.35. The van der Waals surface area contributed by atoms with Crippen LogP contribution in [0.3, 0.4) is 0 Å². The Hall–Kier alpha value is -6.93. The maximum atomic E-state index is 13.4. The number of hydrogen-bond donors (Lipinski definition) is 2. The third-order valence-electron chi connectivity index (χ3n) is 12.6. The summed E-state index contributed by atoms with van der Waals surface area (Å²) in [5, 5.41) is 5.26. The average molecular weight is 875 g/mol. The summed E-state index contributed by atoms with van der Waals surface area (Å²) < 4.78 is 0. The second-order valence-corrected chi connectivity index (χ2v) is 17.2. The van der Waals surface area contributed by atoms with Crippen molar-refractivity contribution in [1.29, 1.82) is 0 Å². The van der Waals surface area contributed by atoms with E-state index < -0.39 is 11.9 Å². The van der Waals surface area contributed by atoms with Crippen molar-refractivity contribution in [2.75, 3.05) is 31.5 Å². The Kier molecular flexibility index (Phi) is 14.2. The maximum Gasteiger partial charge on any atom is 0.255 e. The van der Waals surface area contributed by atoms with Gasteiger partial charge >= 0.3 is 0 Å². The van der Waals surface area contributed by atoms with Gasteiger partial charge in [-0.05, 0) is 78.8 Å². The van der Waals surface area contributed by atoms with Gasteiger partial charge in [-0.2, -0.15) is 0 Å². The molecule has 2 fully saturated rings. The number of nitrogens with one attached hydrogen (secondary N) is 2. The zero-order valence-corrected chi connectivity index (χ0v) is 36.8. The van der Waals surface area contributed by atoms with Crippen LogP contribution in [0.15, 0.2) is 97.5 Å². The summed E-state index contributed by atoms with van der Waals surface area (Å²) in [6.07, 6.45) is 10.5. The lowest BCUT2D eigenvalue weighted by molar-refractivity contribution is -0.137. The molecule has 1 atom stereocenters. The molecule has 3 aromatic carbocycles. The molecule has 5 amide bonds. The number of benzene rings is 3. The molecule has 0 spiro atoms. The van der Waals surface area contributed by atoms with E-state index in [1.165, 1.54) is 4.90 Å². The van der Waals surface area contributed by atoms with E-state index in [9.17, 15) is 28.8 Å². The van der Waals surface area contributed by atoms with Crippen LogP contribution in [-0.2, 0) is 45.1 Å². The first-order chi connectivity index (χ1) is 31.6. The molecule has 8 rings (SSSR count). The number of piperazine rings is 1. The largest absolute Gasteiger partial charge is 0.340 e. The minimum atomic E-state index is -0.716. The molecule has 2 N–H and O–H groups in total. The van der Waals surface area contributed by atoms with E-state index in [0.717, 1.165) is 72.4 Å². The van der Waals surface area contributed by atoms with Gasteiger partial charge in [0.15, 0.2) is 5.78 Å². The number of Topliss-reactive ketones (excluding diaryl/α,β-unsaturated/α-hetero) is 1. The van der Waals surface area contributed by atoms with E-state index in [1.807, 2.05) is 53.4 Å². The zero-order valence-electron chi connectivity index (χ0n) is 36.8. The second-order valence-electron chi connectivity index (χ2n) is 17.2. The molecule has 334 valence electrons. The SMILES string of the molecule is Cc1ccc(CC(=O)c2ccc(CN3CCN(C(=O)CCCCCCC(=O)Nc4cccc5c4CN(C4CCC(=O)NC4=O)C5=O)CC3)cc2)cc1Cc1nccc(-c2cccnc2)n1. The number of aromatic nitrogens is 3. The molecule has 0 bridgehead atoms. The van der Waals surface area contributed by atoms with Gasteiger partial charge in [0.25, 0.3) is 5.91 Å². The fraction of sp³-hybridized carbons (Fsp3) is 0.353. The van der Waals surface area contributed by atoms with Gasteiger partial charge < -0.3 is 15.1 Å². The van der Waals surface area contributed by atoms with Crippen molar-refractivity contribution >= 4 is 41.0 Å². The highest BCUT2D eigenvalue weighted by Gasteiger charge is 2.40. The van der Waals surface area contributed by atoms with Crippen LogP contribution in [0.2, 0.25) is 0 Å². The molecule has 0 saturated carbocycles. The summed E-state index contributed by atoms with van der Waals surface area (Å²) >= 11 is 0. The molecule has 3 aliphatic rings. The Morgan fingerprint density at radius 1 is 0.831 bits per heavy atom. The predicted octanol–water partition coefficient (Wildman–Crippen LogP) is 6.25. The van der Waals surface area contributed by atoms with Crippen molar-refractivity contribution in [3.8, 4) is 11.3 Å². The number of imide groups is 1. The lowest BCUT2D eigenvalue weighted by atomic mass is 9.97. The number of piperidine rings is 1. The van der Waals surface area contributed by atoms with Gasteiger partial charge in [0.05, 0.1) is 5.69 Å². The minimum absolute atomic E-state index is 0.0621. The van der Waals surface area contributed by atoms with E-state index in [2.05, 4.69) is 44.6 Å². The van der Waals surface area contributed by atoms with Crippen LogP contribution in [0, 0.1) is 6.92 Å². The molecule has 2 saturated heterocycles. The number of amides is 5. The van der Waals surface area contributed by atoms with Crippen LogP contribution in [-0.4, -0.2) is 97.2 Å². The Balaban J connectivity index is 0.713. The van der Waals surface area contributed by atoms with Crippen molar-refractivity contribution in [3.63, 3.8) is 0 Å². The third kappa shape index (κ3) is 11.2. The molecule has 14 nitrogen and oxygen atoms in total. The summed E-state index contributed by atoms with van der Waals surface area (Å²) in [5.74, 6) is -0.303. The number of carbonyl (C=O) groups is 6. The fourth-order valence-electron chi connectivity index (χ4n) is 8.84. The van der Waals surface area contributed by atoms with Crippen molar-refractivity contribution in [2.24, 2.45) is 0 Å². The van der Waals surface area contributed by atoms with Crippen molar-refractivity contribution in [2.45, 2.75) is 90.3 Å². The summed E-state index contributed by atoms with van der Waals surface area (Å²) in [6.45, 7) is 5.92. The molecule has 5 aromatic rings. The van der Waals surface area contributed by atoms with Crippen LogP contribution >= 0.6 is 0 Å². The highest BCUT2D eigenvalue weighted by Crippen LogP contribution is 2.32. The van der Waals surface area contributed by atoms with E-state index in [4.69, 9.17) is 4.98 Å². The molecule has 1 unspecified atom stereocenters. The van der Waals surface area contributed by atoms with Crippen LogP contribution in [0.5, 0.6) is 0 Å². The summed E-state index contributed by atoms with van der Waals surface area (Å²) in [7, 11) is 0.